The number of unbranched alkanes of at least 4 members (excludes halogenated alkanes) is 10. The summed E-state index contributed by atoms with van der Waals surface area (Å²) in [7, 11) is 1.68. The molecule has 0 aromatic heterocycles. The van der Waals surface area contributed by atoms with Gasteiger partial charge < -0.3 is 15.5 Å². The lowest BCUT2D eigenvalue weighted by molar-refractivity contribution is 0.259. The SMILES string of the molecule is CCCCCCCCN(CCCCCCCC)CCCNc1c(NC)c(=O)c1=O. The lowest BCUT2D eigenvalue weighted by Gasteiger charge is -2.23. The zero-order chi connectivity index (χ0) is 21.3. The highest BCUT2D eigenvalue weighted by Crippen LogP contribution is 2.13. The maximum absolute atomic E-state index is 11.6. The zero-order valence-electron chi connectivity index (χ0n) is 19.3. The number of hydrogen-bond donors (Lipinski definition) is 2. The van der Waals surface area contributed by atoms with Crippen LogP contribution in [0.2, 0.25) is 0 Å². The van der Waals surface area contributed by atoms with E-state index < -0.39 is 5.43 Å². The second kappa shape index (κ2) is 16.4. The van der Waals surface area contributed by atoms with Gasteiger partial charge in [-0.3, -0.25) is 9.59 Å². The highest BCUT2D eigenvalue weighted by Gasteiger charge is 2.18. The molecule has 5 nitrogen and oxygen atoms in total. The fourth-order valence-electron chi connectivity index (χ4n) is 3.88. The van der Waals surface area contributed by atoms with Gasteiger partial charge >= 0.3 is 0 Å². The predicted molar refractivity (Wildman–Crippen MR) is 127 cm³/mol. The minimum atomic E-state index is -0.400. The Hall–Kier alpha value is -1.36. The molecule has 0 heterocycles. The first-order chi connectivity index (χ1) is 14.2. The second-order valence-electron chi connectivity index (χ2n) is 8.32. The third kappa shape index (κ3) is 10.3. The summed E-state index contributed by atoms with van der Waals surface area (Å²) in [6.45, 7) is 8.69. The first-order valence-corrected chi connectivity index (χ1v) is 12.1. The van der Waals surface area contributed by atoms with Crippen molar-refractivity contribution in [2.45, 2.75) is 97.3 Å². The number of anilines is 2. The summed E-state index contributed by atoms with van der Waals surface area (Å²) in [5.41, 5.74) is 0.120. The van der Waals surface area contributed by atoms with Gasteiger partial charge in [0, 0.05) is 13.6 Å². The minimum Gasteiger partial charge on any atom is -0.383 e. The fourth-order valence-corrected chi connectivity index (χ4v) is 3.88. The third-order valence-corrected chi connectivity index (χ3v) is 5.77. The monoisotopic (exact) mass is 407 g/mol. The average molecular weight is 408 g/mol. The molecular formula is C24H45N3O2. The Bertz CT molecular complexity index is 577. The van der Waals surface area contributed by atoms with Crippen LogP contribution < -0.4 is 21.5 Å². The summed E-state index contributed by atoms with van der Waals surface area (Å²) in [6.07, 6.45) is 17.0. The van der Waals surface area contributed by atoms with Crippen molar-refractivity contribution in [2.24, 2.45) is 0 Å². The highest BCUT2D eigenvalue weighted by atomic mass is 16.2. The van der Waals surface area contributed by atoms with Crippen molar-refractivity contribution in [3.8, 4) is 0 Å². The molecule has 0 spiro atoms. The van der Waals surface area contributed by atoms with E-state index in [1.54, 1.807) is 7.05 Å². The van der Waals surface area contributed by atoms with Gasteiger partial charge in [0.2, 0.25) is 0 Å². The summed E-state index contributed by atoms with van der Waals surface area (Å²) in [6, 6.07) is 0. The molecule has 0 saturated carbocycles. The van der Waals surface area contributed by atoms with Crippen LogP contribution in [0.4, 0.5) is 11.4 Å². The van der Waals surface area contributed by atoms with Crippen molar-refractivity contribution < 1.29 is 0 Å². The highest BCUT2D eigenvalue weighted by molar-refractivity contribution is 5.73. The molecule has 29 heavy (non-hydrogen) atoms. The Balaban J connectivity index is 2.28. The van der Waals surface area contributed by atoms with Crippen molar-refractivity contribution in [3.63, 3.8) is 0 Å². The maximum atomic E-state index is 11.6. The van der Waals surface area contributed by atoms with Crippen LogP contribution >= 0.6 is 0 Å². The van der Waals surface area contributed by atoms with Gasteiger partial charge in [-0.25, -0.2) is 0 Å². The molecule has 168 valence electrons. The van der Waals surface area contributed by atoms with Crippen LogP contribution in [0, 0.1) is 0 Å². The topological polar surface area (TPSA) is 61.4 Å². The number of hydrogen-bond acceptors (Lipinski definition) is 5. The summed E-state index contributed by atoms with van der Waals surface area (Å²) in [5.74, 6) is 0. The summed E-state index contributed by atoms with van der Waals surface area (Å²) >= 11 is 0. The van der Waals surface area contributed by atoms with E-state index in [9.17, 15) is 9.59 Å². The van der Waals surface area contributed by atoms with Gasteiger partial charge in [-0.2, -0.15) is 0 Å². The molecule has 0 unspecified atom stereocenters. The van der Waals surface area contributed by atoms with Crippen LogP contribution in [0.5, 0.6) is 0 Å². The summed E-state index contributed by atoms with van der Waals surface area (Å²) in [5, 5.41) is 5.97. The molecule has 0 bridgehead atoms. The van der Waals surface area contributed by atoms with E-state index in [1.165, 1.54) is 90.1 Å². The fraction of sp³-hybridized carbons (Fsp3) is 0.833. The molecule has 0 atom stereocenters. The lowest BCUT2D eigenvalue weighted by Crippen LogP contribution is -2.37. The van der Waals surface area contributed by atoms with Crippen LogP contribution in [0.25, 0.3) is 0 Å². The molecule has 1 aromatic rings. The maximum Gasteiger partial charge on any atom is 0.253 e. The van der Waals surface area contributed by atoms with E-state index in [4.69, 9.17) is 0 Å². The molecule has 0 saturated heterocycles. The lowest BCUT2D eigenvalue weighted by atomic mass is 10.1. The smallest absolute Gasteiger partial charge is 0.253 e. The van der Waals surface area contributed by atoms with E-state index in [0.717, 1.165) is 19.5 Å². The van der Waals surface area contributed by atoms with Crippen LogP contribution in [0.1, 0.15) is 97.3 Å². The Labute approximate surface area is 178 Å². The van der Waals surface area contributed by atoms with Crippen LogP contribution in [-0.2, 0) is 0 Å². The van der Waals surface area contributed by atoms with Crippen molar-refractivity contribution >= 4 is 11.4 Å². The minimum absolute atomic E-state index is 0.384. The molecule has 0 amide bonds. The summed E-state index contributed by atoms with van der Waals surface area (Å²) in [4.78, 5) is 25.7. The molecule has 0 radical (unpaired) electrons. The van der Waals surface area contributed by atoms with E-state index in [2.05, 4.69) is 29.4 Å². The van der Waals surface area contributed by atoms with Crippen LogP contribution in [-0.4, -0.2) is 38.1 Å². The molecule has 0 aliphatic rings. The van der Waals surface area contributed by atoms with Crippen molar-refractivity contribution in [1.82, 2.24) is 4.90 Å². The zero-order valence-corrected chi connectivity index (χ0v) is 19.3. The second-order valence-corrected chi connectivity index (χ2v) is 8.32. The Morgan fingerprint density at radius 2 is 1.07 bits per heavy atom. The van der Waals surface area contributed by atoms with Gasteiger partial charge in [0.25, 0.3) is 10.9 Å². The first kappa shape index (κ1) is 25.7. The number of nitrogens with one attached hydrogen (secondary N) is 2. The predicted octanol–water partition coefficient (Wildman–Crippen LogP) is 5.15. The van der Waals surface area contributed by atoms with Gasteiger partial charge in [0.15, 0.2) is 0 Å². The summed E-state index contributed by atoms with van der Waals surface area (Å²) < 4.78 is 0. The van der Waals surface area contributed by atoms with Gasteiger partial charge in [-0.05, 0) is 38.9 Å². The molecule has 1 rings (SSSR count). The first-order valence-electron chi connectivity index (χ1n) is 12.1. The van der Waals surface area contributed by atoms with Gasteiger partial charge in [-0.15, -0.1) is 0 Å². The average Bonchev–Trinajstić information content (AvgIpc) is 2.73. The quantitative estimate of drug-likeness (QED) is 0.231. The standard InChI is InChI=1S/C24H45N3O2/c1-4-6-8-10-12-14-18-27(19-15-13-11-9-7-5-2)20-16-17-26-22-21(25-3)23(28)24(22)29/h25-26H,4-20H2,1-3H3. The van der Waals surface area contributed by atoms with E-state index >= 15 is 0 Å². The van der Waals surface area contributed by atoms with Crippen LogP contribution in [0.3, 0.4) is 0 Å². The van der Waals surface area contributed by atoms with Gasteiger partial charge in [-0.1, -0.05) is 78.1 Å². The molecule has 5 heteroatoms. The molecule has 0 aliphatic carbocycles. The van der Waals surface area contributed by atoms with Crippen molar-refractivity contribution in [2.75, 3.05) is 43.9 Å². The molecule has 1 aromatic carbocycles. The van der Waals surface area contributed by atoms with Gasteiger partial charge in [0.1, 0.15) is 11.4 Å². The van der Waals surface area contributed by atoms with E-state index in [1.807, 2.05) is 0 Å². The largest absolute Gasteiger partial charge is 0.383 e. The Morgan fingerprint density at radius 1 is 0.621 bits per heavy atom. The van der Waals surface area contributed by atoms with Crippen molar-refractivity contribution in [3.05, 3.63) is 20.4 Å². The number of nitrogens with zero attached hydrogens (tertiary/aromatic N) is 1. The molecule has 0 fully saturated rings. The van der Waals surface area contributed by atoms with Gasteiger partial charge in [0.05, 0.1) is 0 Å². The van der Waals surface area contributed by atoms with Crippen molar-refractivity contribution in [1.29, 1.82) is 0 Å². The number of rotatable bonds is 20. The molecule has 0 aliphatic heterocycles. The molecular weight excluding hydrogens is 362 g/mol. The Morgan fingerprint density at radius 3 is 1.59 bits per heavy atom. The third-order valence-electron chi connectivity index (χ3n) is 5.77. The van der Waals surface area contributed by atoms with E-state index in [-0.39, 0.29) is 5.43 Å². The normalized spacial score (nSPS) is 11.4. The Kier molecular flexibility index (Phi) is 14.6. The van der Waals surface area contributed by atoms with Crippen LogP contribution in [0.15, 0.2) is 9.59 Å². The molecule has 2 N–H and O–H groups in total. The van der Waals surface area contributed by atoms with E-state index in [0.29, 0.717) is 11.4 Å².